The molecule has 4 nitrogen and oxygen atoms in total. The Labute approximate surface area is 102 Å². The van der Waals surface area contributed by atoms with Crippen molar-refractivity contribution in [2.45, 2.75) is 6.04 Å². The van der Waals surface area contributed by atoms with Crippen molar-refractivity contribution in [1.82, 2.24) is 4.90 Å². The van der Waals surface area contributed by atoms with E-state index in [1.165, 1.54) is 0 Å². The number of benzene rings is 1. The van der Waals surface area contributed by atoms with Crippen LogP contribution in [0.4, 0.5) is 5.69 Å². The molecule has 0 saturated carbocycles. The van der Waals surface area contributed by atoms with Gasteiger partial charge >= 0.3 is 0 Å². The SMILES string of the molecule is CN1CCN(c2cccc(C#N)c2)CC1CN. The maximum Gasteiger partial charge on any atom is 0.0992 e. The van der Waals surface area contributed by atoms with Gasteiger partial charge in [0, 0.05) is 37.9 Å². The molecule has 0 aliphatic carbocycles. The molecule has 1 fully saturated rings. The van der Waals surface area contributed by atoms with Crippen molar-refractivity contribution in [1.29, 1.82) is 5.26 Å². The van der Waals surface area contributed by atoms with Crippen molar-refractivity contribution in [3.8, 4) is 6.07 Å². The van der Waals surface area contributed by atoms with E-state index in [-0.39, 0.29) is 0 Å². The third-order valence-corrected chi connectivity index (χ3v) is 3.39. The Hall–Kier alpha value is -1.57. The van der Waals surface area contributed by atoms with Crippen LogP contribution >= 0.6 is 0 Å². The molecular weight excluding hydrogens is 212 g/mol. The lowest BCUT2D eigenvalue weighted by Crippen LogP contribution is -2.54. The Bertz CT molecular complexity index is 424. The Morgan fingerprint density at radius 1 is 1.47 bits per heavy atom. The first-order valence-corrected chi connectivity index (χ1v) is 5.90. The fourth-order valence-electron chi connectivity index (χ4n) is 2.21. The summed E-state index contributed by atoms with van der Waals surface area (Å²) >= 11 is 0. The monoisotopic (exact) mass is 230 g/mol. The maximum absolute atomic E-state index is 8.90. The third-order valence-electron chi connectivity index (χ3n) is 3.39. The molecule has 17 heavy (non-hydrogen) atoms. The Morgan fingerprint density at radius 2 is 2.29 bits per heavy atom. The van der Waals surface area contributed by atoms with Crippen LogP contribution in [0.3, 0.4) is 0 Å². The first-order valence-electron chi connectivity index (χ1n) is 5.90. The number of hydrogen-bond acceptors (Lipinski definition) is 4. The van der Waals surface area contributed by atoms with Crippen LogP contribution in [-0.4, -0.2) is 44.2 Å². The second-order valence-electron chi connectivity index (χ2n) is 4.48. The van der Waals surface area contributed by atoms with E-state index in [1.54, 1.807) is 0 Å². The molecule has 0 spiro atoms. The Morgan fingerprint density at radius 3 is 3.00 bits per heavy atom. The number of piperazine rings is 1. The van der Waals surface area contributed by atoms with Gasteiger partial charge in [0.2, 0.25) is 0 Å². The largest absolute Gasteiger partial charge is 0.369 e. The van der Waals surface area contributed by atoms with Gasteiger partial charge in [-0.05, 0) is 25.2 Å². The quantitative estimate of drug-likeness (QED) is 0.810. The molecule has 1 heterocycles. The van der Waals surface area contributed by atoms with Gasteiger partial charge < -0.3 is 10.6 Å². The molecular formula is C13H18N4. The normalized spacial score (nSPS) is 21.2. The number of nitrogens with two attached hydrogens (primary N) is 1. The summed E-state index contributed by atoms with van der Waals surface area (Å²) in [5.41, 5.74) is 7.60. The molecule has 1 aromatic carbocycles. The van der Waals surface area contributed by atoms with Gasteiger partial charge in [0.05, 0.1) is 11.6 Å². The van der Waals surface area contributed by atoms with Crippen LogP contribution in [0, 0.1) is 11.3 Å². The van der Waals surface area contributed by atoms with Gasteiger partial charge in [0.25, 0.3) is 0 Å². The van der Waals surface area contributed by atoms with Gasteiger partial charge in [-0.1, -0.05) is 6.07 Å². The molecule has 1 aliphatic rings. The fourth-order valence-corrected chi connectivity index (χ4v) is 2.21. The topological polar surface area (TPSA) is 56.3 Å². The average Bonchev–Trinajstić information content (AvgIpc) is 2.39. The van der Waals surface area contributed by atoms with Crippen molar-refractivity contribution >= 4 is 5.69 Å². The zero-order valence-corrected chi connectivity index (χ0v) is 10.1. The highest BCUT2D eigenvalue weighted by atomic mass is 15.3. The van der Waals surface area contributed by atoms with Crippen LogP contribution in [-0.2, 0) is 0 Å². The number of rotatable bonds is 2. The molecule has 0 aromatic heterocycles. The lowest BCUT2D eigenvalue weighted by molar-refractivity contribution is 0.224. The van der Waals surface area contributed by atoms with Crippen molar-refractivity contribution in [2.75, 3.05) is 38.1 Å². The van der Waals surface area contributed by atoms with Crippen LogP contribution in [0.5, 0.6) is 0 Å². The molecule has 2 N–H and O–H groups in total. The van der Waals surface area contributed by atoms with Gasteiger partial charge in [-0.3, -0.25) is 4.90 Å². The summed E-state index contributed by atoms with van der Waals surface area (Å²) in [6, 6.07) is 10.3. The van der Waals surface area contributed by atoms with Crippen molar-refractivity contribution in [3.05, 3.63) is 29.8 Å². The van der Waals surface area contributed by atoms with Gasteiger partial charge in [-0.2, -0.15) is 5.26 Å². The zero-order chi connectivity index (χ0) is 12.3. The molecule has 1 atom stereocenters. The fraction of sp³-hybridized carbons (Fsp3) is 0.462. The van der Waals surface area contributed by atoms with E-state index in [4.69, 9.17) is 11.0 Å². The summed E-state index contributed by atoms with van der Waals surface area (Å²) in [6.45, 7) is 3.60. The highest BCUT2D eigenvalue weighted by Gasteiger charge is 2.23. The molecule has 1 unspecified atom stereocenters. The predicted octanol–water partition coefficient (Wildman–Crippen LogP) is 0.637. The molecule has 1 saturated heterocycles. The first kappa shape index (κ1) is 11.9. The van der Waals surface area contributed by atoms with Crippen LogP contribution in [0.25, 0.3) is 0 Å². The standard InChI is InChI=1S/C13H18N4/c1-16-5-6-17(10-13(16)9-15)12-4-2-3-11(7-12)8-14/h2-4,7,13H,5-6,9-10,15H2,1H3. The van der Waals surface area contributed by atoms with Gasteiger partial charge in [0.15, 0.2) is 0 Å². The molecule has 0 bridgehead atoms. The number of nitriles is 1. The molecule has 1 aliphatic heterocycles. The minimum absolute atomic E-state index is 0.398. The van der Waals surface area contributed by atoms with E-state index in [1.807, 2.05) is 18.2 Å². The van der Waals surface area contributed by atoms with Gasteiger partial charge in [0.1, 0.15) is 0 Å². The minimum atomic E-state index is 0.398. The second-order valence-corrected chi connectivity index (χ2v) is 4.48. The van der Waals surface area contributed by atoms with Crippen LogP contribution in [0.15, 0.2) is 24.3 Å². The van der Waals surface area contributed by atoms with E-state index < -0.39 is 0 Å². The molecule has 2 rings (SSSR count). The average molecular weight is 230 g/mol. The number of hydrogen-bond donors (Lipinski definition) is 1. The Balaban J connectivity index is 2.15. The summed E-state index contributed by atoms with van der Waals surface area (Å²) in [6.07, 6.45) is 0. The van der Waals surface area contributed by atoms with Crippen LogP contribution in [0.1, 0.15) is 5.56 Å². The Kier molecular flexibility index (Phi) is 3.62. The van der Waals surface area contributed by atoms with Crippen molar-refractivity contribution in [2.24, 2.45) is 5.73 Å². The zero-order valence-electron chi connectivity index (χ0n) is 10.1. The maximum atomic E-state index is 8.90. The third kappa shape index (κ3) is 2.57. The highest BCUT2D eigenvalue weighted by molar-refractivity contribution is 5.52. The summed E-state index contributed by atoms with van der Waals surface area (Å²) < 4.78 is 0. The lowest BCUT2D eigenvalue weighted by atomic mass is 10.1. The first-order chi connectivity index (χ1) is 8.24. The van der Waals surface area contributed by atoms with E-state index in [2.05, 4.69) is 29.0 Å². The summed E-state index contributed by atoms with van der Waals surface area (Å²) in [5, 5.41) is 8.90. The van der Waals surface area contributed by atoms with Gasteiger partial charge in [-0.25, -0.2) is 0 Å². The number of likely N-dealkylation sites (N-methyl/N-ethyl adjacent to an activating group) is 1. The predicted molar refractivity (Wildman–Crippen MR) is 68.8 cm³/mol. The minimum Gasteiger partial charge on any atom is -0.369 e. The summed E-state index contributed by atoms with van der Waals surface area (Å²) in [4.78, 5) is 4.60. The summed E-state index contributed by atoms with van der Waals surface area (Å²) in [5.74, 6) is 0. The van der Waals surface area contributed by atoms with Crippen molar-refractivity contribution in [3.63, 3.8) is 0 Å². The number of nitrogens with zero attached hydrogens (tertiary/aromatic N) is 3. The van der Waals surface area contributed by atoms with E-state index in [0.717, 1.165) is 25.3 Å². The molecule has 90 valence electrons. The van der Waals surface area contributed by atoms with Crippen LogP contribution < -0.4 is 10.6 Å². The second kappa shape index (κ2) is 5.17. The highest BCUT2D eigenvalue weighted by Crippen LogP contribution is 2.19. The van der Waals surface area contributed by atoms with Crippen LogP contribution in [0.2, 0.25) is 0 Å². The smallest absolute Gasteiger partial charge is 0.0992 e. The van der Waals surface area contributed by atoms with E-state index in [9.17, 15) is 0 Å². The van der Waals surface area contributed by atoms with E-state index in [0.29, 0.717) is 18.2 Å². The molecule has 0 radical (unpaired) electrons. The van der Waals surface area contributed by atoms with Crippen molar-refractivity contribution < 1.29 is 0 Å². The number of anilines is 1. The summed E-state index contributed by atoms with van der Waals surface area (Å²) in [7, 11) is 2.11. The molecule has 4 heteroatoms. The molecule has 0 amide bonds. The lowest BCUT2D eigenvalue weighted by Gasteiger charge is -2.40. The molecule has 1 aromatic rings. The van der Waals surface area contributed by atoms with E-state index >= 15 is 0 Å². The van der Waals surface area contributed by atoms with Gasteiger partial charge in [-0.15, -0.1) is 0 Å².